The third-order valence-corrected chi connectivity index (χ3v) is 7.48. The molecule has 2 rings (SSSR count). The number of carbonyl (C=O) groups excluding carboxylic acids is 2. The summed E-state index contributed by atoms with van der Waals surface area (Å²) >= 11 is 0. The fourth-order valence-electron chi connectivity index (χ4n) is 5.41. The first-order valence-electron chi connectivity index (χ1n) is 9.36. The van der Waals surface area contributed by atoms with Crippen molar-refractivity contribution in [3.05, 3.63) is 11.6 Å². The summed E-state index contributed by atoms with van der Waals surface area (Å²) in [6, 6.07) is 0. The van der Waals surface area contributed by atoms with Crippen molar-refractivity contribution in [3.63, 3.8) is 0 Å². The highest BCUT2D eigenvalue weighted by atomic mass is 16.2. The van der Waals surface area contributed by atoms with E-state index in [0.717, 1.165) is 12.8 Å². The maximum absolute atomic E-state index is 11.7. The van der Waals surface area contributed by atoms with Gasteiger partial charge in [-0.2, -0.15) is 0 Å². The summed E-state index contributed by atoms with van der Waals surface area (Å²) in [5.74, 6) is -0.0327. The van der Waals surface area contributed by atoms with Crippen LogP contribution in [0.25, 0.3) is 0 Å². The Balaban J connectivity index is 2.20. The zero-order valence-corrected chi connectivity index (χ0v) is 15.7. The number of rotatable bonds is 6. The van der Waals surface area contributed by atoms with Crippen LogP contribution in [0.15, 0.2) is 11.6 Å². The summed E-state index contributed by atoms with van der Waals surface area (Å²) in [4.78, 5) is 22.9. The van der Waals surface area contributed by atoms with Crippen LogP contribution in [-0.2, 0) is 9.59 Å². The molecule has 5 atom stereocenters. The highest BCUT2D eigenvalue weighted by Gasteiger charge is 2.53. The third-order valence-electron chi connectivity index (χ3n) is 7.48. The van der Waals surface area contributed by atoms with Gasteiger partial charge in [-0.25, -0.2) is 0 Å². The van der Waals surface area contributed by atoms with Crippen molar-refractivity contribution in [2.24, 2.45) is 40.1 Å². The lowest BCUT2D eigenvalue weighted by atomic mass is 9.47. The van der Waals surface area contributed by atoms with Gasteiger partial charge in [0.25, 0.3) is 0 Å². The number of hydrogen-bond acceptors (Lipinski definition) is 2. The van der Waals surface area contributed by atoms with E-state index in [1.165, 1.54) is 24.8 Å². The molecule has 0 aromatic heterocycles. The Bertz CT molecular complexity index is 542. The number of nitrogens with two attached hydrogens (primary N) is 2. The van der Waals surface area contributed by atoms with Crippen molar-refractivity contribution in [1.29, 1.82) is 0 Å². The number of carbonyl (C=O) groups is 2. The zero-order valence-electron chi connectivity index (χ0n) is 15.7. The Hall–Kier alpha value is -1.32. The molecule has 2 aliphatic rings. The van der Waals surface area contributed by atoms with Gasteiger partial charge in [-0.3, -0.25) is 9.59 Å². The molecule has 1 fully saturated rings. The Labute approximate surface area is 146 Å². The summed E-state index contributed by atoms with van der Waals surface area (Å²) in [5, 5.41) is 0. The average Bonchev–Trinajstić information content (AvgIpc) is 2.50. The number of allylic oxidation sites excluding steroid dienone is 2. The van der Waals surface area contributed by atoms with Crippen molar-refractivity contribution in [3.8, 4) is 0 Å². The molecule has 4 N–H and O–H groups in total. The van der Waals surface area contributed by atoms with Gasteiger partial charge in [0, 0.05) is 12.3 Å². The van der Waals surface area contributed by atoms with Crippen LogP contribution in [0, 0.1) is 28.6 Å². The maximum atomic E-state index is 11.7. The van der Waals surface area contributed by atoms with Crippen molar-refractivity contribution >= 4 is 11.8 Å². The summed E-state index contributed by atoms with van der Waals surface area (Å²) in [6.07, 6.45) is 8.90. The van der Waals surface area contributed by atoms with Gasteiger partial charge in [-0.05, 0) is 68.1 Å². The van der Waals surface area contributed by atoms with Crippen LogP contribution >= 0.6 is 0 Å². The van der Waals surface area contributed by atoms with Gasteiger partial charge >= 0.3 is 0 Å². The van der Waals surface area contributed by atoms with Crippen molar-refractivity contribution < 1.29 is 9.59 Å². The van der Waals surface area contributed by atoms with Crippen LogP contribution in [0.5, 0.6) is 0 Å². The van der Waals surface area contributed by atoms with E-state index in [0.29, 0.717) is 18.3 Å². The molecule has 0 heterocycles. The molecular weight excluding hydrogens is 300 g/mol. The lowest BCUT2D eigenvalue weighted by Crippen LogP contribution is -2.50. The van der Waals surface area contributed by atoms with Crippen molar-refractivity contribution in [2.45, 2.75) is 72.6 Å². The maximum Gasteiger partial charge on any atom is 0.221 e. The minimum atomic E-state index is -0.443. The van der Waals surface area contributed by atoms with Gasteiger partial charge in [-0.1, -0.05) is 32.4 Å². The SMILES string of the molecule is CC1=CCC[C@@H]2[C@@](C)(CC[C@@H](CC(N)=O)C(N)=O)[C@H](C)CC[C@@]12C. The molecule has 0 radical (unpaired) electrons. The van der Waals surface area contributed by atoms with Crippen LogP contribution in [-0.4, -0.2) is 11.8 Å². The molecule has 0 unspecified atom stereocenters. The van der Waals surface area contributed by atoms with E-state index in [2.05, 4.69) is 33.8 Å². The summed E-state index contributed by atoms with van der Waals surface area (Å²) in [6.45, 7) is 9.44. The predicted octanol–water partition coefficient (Wildman–Crippen LogP) is 3.54. The Morgan fingerprint density at radius 3 is 2.54 bits per heavy atom. The van der Waals surface area contributed by atoms with Gasteiger partial charge in [0.1, 0.15) is 0 Å². The minimum absolute atomic E-state index is 0.0701. The van der Waals surface area contributed by atoms with E-state index in [9.17, 15) is 9.59 Å². The molecule has 0 bridgehead atoms. The van der Waals surface area contributed by atoms with Crippen molar-refractivity contribution in [2.75, 3.05) is 0 Å². The van der Waals surface area contributed by atoms with Gasteiger partial charge in [0.05, 0.1) is 0 Å². The second-order valence-corrected chi connectivity index (χ2v) is 8.69. The molecule has 24 heavy (non-hydrogen) atoms. The van der Waals surface area contributed by atoms with E-state index in [1.54, 1.807) is 0 Å². The Morgan fingerprint density at radius 1 is 1.29 bits per heavy atom. The molecular formula is C20H34N2O2. The van der Waals surface area contributed by atoms with E-state index in [-0.39, 0.29) is 17.3 Å². The standard InChI is InChI=1S/C20H34N2O2/c1-13-6-5-7-16-19(13,3)10-8-14(2)20(16,4)11-9-15(18(22)24)12-17(21)23/h6,14-16H,5,7-12H2,1-4H3,(H2,21,23)(H2,22,24)/t14-,15+,16+,19+,20+/m1/s1. The molecule has 0 aromatic carbocycles. The van der Waals surface area contributed by atoms with Gasteiger partial charge < -0.3 is 11.5 Å². The van der Waals surface area contributed by atoms with Crippen LogP contribution in [0.3, 0.4) is 0 Å². The molecule has 2 aliphatic carbocycles. The van der Waals surface area contributed by atoms with Crippen LogP contribution in [0.2, 0.25) is 0 Å². The lowest BCUT2D eigenvalue weighted by Gasteiger charge is -2.58. The Kier molecular flexibility index (Phi) is 5.46. The second-order valence-electron chi connectivity index (χ2n) is 8.69. The van der Waals surface area contributed by atoms with Crippen LogP contribution in [0.1, 0.15) is 72.6 Å². The smallest absolute Gasteiger partial charge is 0.221 e. The van der Waals surface area contributed by atoms with E-state index >= 15 is 0 Å². The third kappa shape index (κ3) is 3.38. The molecule has 2 amide bonds. The normalized spacial score (nSPS) is 37.2. The first-order valence-corrected chi connectivity index (χ1v) is 9.36. The van der Waals surface area contributed by atoms with Gasteiger partial charge in [0.15, 0.2) is 0 Å². The minimum Gasteiger partial charge on any atom is -0.370 e. The molecule has 0 spiro atoms. The molecule has 4 nitrogen and oxygen atoms in total. The quantitative estimate of drug-likeness (QED) is 0.728. The first kappa shape index (κ1) is 19.0. The molecule has 0 saturated heterocycles. The van der Waals surface area contributed by atoms with Crippen LogP contribution < -0.4 is 11.5 Å². The van der Waals surface area contributed by atoms with Crippen molar-refractivity contribution in [1.82, 2.24) is 0 Å². The largest absolute Gasteiger partial charge is 0.370 e. The number of primary amides is 2. The first-order chi connectivity index (χ1) is 11.1. The number of fused-ring (bicyclic) bond motifs is 1. The fraction of sp³-hybridized carbons (Fsp3) is 0.800. The summed E-state index contributed by atoms with van der Waals surface area (Å²) < 4.78 is 0. The fourth-order valence-corrected chi connectivity index (χ4v) is 5.41. The zero-order chi connectivity index (χ0) is 18.1. The average molecular weight is 335 g/mol. The molecule has 4 heteroatoms. The van der Waals surface area contributed by atoms with Gasteiger partial charge in [0.2, 0.25) is 11.8 Å². The van der Waals surface area contributed by atoms with Gasteiger partial charge in [-0.15, -0.1) is 0 Å². The molecule has 1 saturated carbocycles. The Morgan fingerprint density at radius 2 is 1.96 bits per heavy atom. The molecule has 0 aliphatic heterocycles. The highest BCUT2D eigenvalue weighted by molar-refractivity contribution is 5.83. The monoisotopic (exact) mass is 334 g/mol. The van der Waals surface area contributed by atoms with E-state index in [1.807, 2.05) is 0 Å². The summed E-state index contributed by atoms with van der Waals surface area (Å²) in [7, 11) is 0. The predicted molar refractivity (Wildman–Crippen MR) is 96.8 cm³/mol. The number of hydrogen-bond donors (Lipinski definition) is 2. The summed E-state index contributed by atoms with van der Waals surface area (Å²) in [5.41, 5.74) is 12.8. The lowest BCUT2D eigenvalue weighted by molar-refractivity contribution is -0.128. The topological polar surface area (TPSA) is 86.2 Å². The highest BCUT2D eigenvalue weighted by Crippen LogP contribution is 2.61. The van der Waals surface area contributed by atoms with E-state index in [4.69, 9.17) is 11.5 Å². The molecule has 136 valence electrons. The molecule has 0 aromatic rings. The van der Waals surface area contributed by atoms with Crippen LogP contribution in [0.4, 0.5) is 0 Å². The van der Waals surface area contributed by atoms with E-state index < -0.39 is 17.7 Å². The second kappa shape index (κ2) is 6.89. The number of amides is 2.